The third-order valence-corrected chi connectivity index (χ3v) is 4.54. The minimum absolute atomic E-state index is 0.156. The lowest BCUT2D eigenvalue weighted by molar-refractivity contribution is 0.544. The number of nitrogens with zero attached hydrogens (tertiary/aromatic N) is 2. The molecule has 0 bridgehead atoms. The van der Waals surface area contributed by atoms with Crippen LogP contribution in [0.1, 0.15) is 20.3 Å². The predicted molar refractivity (Wildman–Crippen MR) is 91.1 cm³/mol. The van der Waals surface area contributed by atoms with E-state index in [0.717, 1.165) is 31.1 Å². The van der Waals surface area contributed by atoms with Gasteiger partial charge in [0, 0.05) is 40.1 Å². The highest BCUT2D eigenvalue weighted by Gasteiger charge is 2.18. The Labute approximate surface area is 136 Å². The van der Waals surface area contributed by atoms with Crippen LogP contribution < -0.4 is 5.32 Å². The predicted octanol–water partition coefficient (Wildman–Crippen LogP) is 4.09. The molecule has 1 heterocycles. The Morgan fingerprint density at radius 2 is 2.05 bits per heavy atom. The molecule has 0 saturated heterocycles. The van der Waals surface area contributed by atoms with Crippen LogP contribution >= 0.6 is 23.4 Å². The molecule has 2 rings (SSSR count). The van der Waals surface area contributed by atoms with Crippen molar-refractivity contribution in [3.05, 3.63) is 48.0 Å². The SMILES string of the molecule is CC(C)(CNCCCn1ccnc1)Sc1ccc(Cl)cc1. The van der Waals surface area contributed by atoms with Crippen molar-refractivity contribution in [3.8, 4) is 0 Å². The summed E-state index contributed by atoms with van der Waals surface area (Å²) in [5.74, 6) is 0. The number of rotatable bonds is 8. The van der Waals surface area contributed by atoms with E-state index in [1.807, 2.05) is 42.6 Å². The molecule has 1 aromatic heterocycles. The van der Waals surface area contributed by atoms with Gasteiger partial charge in [-0.25, -0.2) is 4.98 Å². The molecular formula is C16H22ClN3S. The van der Waals surface area contributed by atoms with Gasteiger partial charge in [0.25, 0.3) is 0 Å². The molecule has 0 aliphatic carbocycles. The first-order valence-corrected chi connectivity index (χ1v) is 8.36. The van der Waals surface area contributed by atoms with Gasteiger partial charge < -0.3 is 9.88 Å². The Morgan fingerprint density at radius 1 is 1.29 bits per heavy atom. The average Bonchev–Trinajstić information content (AvgIpc) is 2.94. The van der Waals surface area contributed by atoms with Crippen LogP contribution in [0.3, 0.4) is 0 Å². The van der Waals surface area contributed by atoms with E-state index < -0.39 is 0 Å². The fourth-order valence-corrected chi connectivity index (χ4v) is 3.26. The van der Waals surface area contributed by atoms with Crippen LogP contribution in [-0.4, -0.2) is 27.4 Å². The molecule has 1 aromatic carbocycles. The summed E-state index contributed by atoms with van der Waals surface area (Å²) in [5, 5.41) is 4.33. The molecular weight excluding hydrogens is 302 g/mol. The third-order valence-electron chi connectivity index (χ3n) is 3.09. The molecule has 0 unspecified atom stereocenters. The van der Waals surface area contributed by atoms with Crippen molar-refractivity contribution in [2.75, 3.05) is 13.1 Å². The van der Waals surface area contributed by atoms with E-state index in [4.69, 9.17) is 11.6 Å². The molecule has 0 saturated carbocycles. The molecule has 0 amide bonds. The molecule has 2 aromatic rings. The van der Waals surface area contributed by atoms with Gasteiger partial charge >= 0.3 is 0 Å². The molecule has 0 aliphatic rings. The monoisotopic (exact) mass is 323 g/mol. The van der Waals surface area contributed by atoms with Gasteiger partial charge in [-0.1, -0.05) is 11.6 Å². The summed E-state index contributed by atoms with van der Waals surface area (Å²) in [5.41, 5.74) is 0. The standard InChI is InChI=1S/C16H22ClN3S/c1-16(2,21-15-6-4-14(17)5-7-15)12-18-8-3-10-20-11-9-19-13-20/h4-7,9,11,13,18H,3,8,10,12H2,1-2H3. The summed E-state index contributed by atoms with van der Waals surface area (Å²) in [6.07, 6.45) is 6.79. The fourth-order valence-electron chi connectivity index (χ4n) is 2.05. The molecule has 21 heavy (non-hydrogen) atoms. The molecule has 0 aliphatic heterocycles. The van der Waals surface area contributed by atoms with Crippen molar-refractivity contribution in [2.45, 2.75) is 36.5 Å². The smallest absolute Gasteiger partial charge is 0.0945 e. The van der Waals surface area contributed by atoms with E-state index in [1.165, 1.54) is 4.90 Å². The second-order valence-corrected chi connectivity index (χ2v) is 7.86. The van der Waals surface area contributed by atoms with E-state index >= 15 is 0 Å². The van der Waals surface area contributed by atoms with E-state index in [-0.39, 0.29) is 4.75 Å². The summed E-state index contributed by atoms with van der Waals surface area (Å²) < 4.78 is 2.26. The minimum Gasteiger partial charge on any atom is -0.337 e. The van der Waals surface area contributed by atoms with Gasteiger partial charge in [-0.2, -0.15) is 0 Å². The second kappa shape index (κ2) is 7.87. The van der Waals surface area contributed by atoms with E-state index in [9.17, 15) is 0 Å². The van der Waals surface area contributed by atoms with Crippen molar-refractivity contribution in [1.29, 1.82) is 0 Å². The Kier molecular flexibility index (Phi) is 6.15. The van der Waals surface area contributed by atoms with Crippen LogP contribution in [0.15, 0.2) is 47.9 Å². The lowest BCUT2D eigenvalue weighted by atomic mass is 10.2. The normalized spacial score (nSPS) is 11.8. The van der Waals surface area contributed by atoms with Gasteiger partial charge in [-0.15, -0.1) is 11.8 Å². The number of halogens is 1. The minimum atomic E-state index is 0.156. The van der Waals surface area contributed by atoms with Gasteiger partial charge in [0.2, 0.25) is 0 Å². The number of hydrogen-bond donors (Lipinski definition) is 1. The van der Waals surface area contributed by atoms with Crippen LogP contribution in [0.25, 0.3) is 0 Å². The van der Waals surface area contributed by atoms with E-state index in [1.54, 1.807) is 0 Å². The van der Waals surface area contributed by atoms with Crippen molar-refractivity contribution < 1.29 is 0 Å². The molecule has 3 nitrogen and oxygen atoms in total. The molecule has 0 fully saturated rings. The van der Waals surface area contributed by atoms with Gasteiger partial charge in [0.1, 0.15) is 0 Å². The first-order chi connectivity index (χ1) is 10.1. The highest BCUT2D eigenvalue weighted by atomic mass is 35.5. The van der Waals surface area contributed by atoms with Gasteiger partial charge in [-0.3, -0.25) is 0 Å². The largest absolute Gasteiger partial charge is 0.337 e. The molecule has 0 radical (unpaired) electrons. The van der Waals surface area contributed by atoms with Gasteiger partial charge in [0.15, 0.2) is 0 Å². The number of imidazole rings is 1. The summed E-state index contributed by atoms with van der Waals surface area (Å²) in [7, 11) is 0. The van der Waals surface area contributed by atoms with Crippen molar-refractivity contribution in [1.82, 2.24) is 14.9 Å². The van der Waals surface area contributed by atoms with Crippen molar-refractivity contribution in [3.63, 3.8) is 0 Å². The summed E-state index contributed by atoms with van der Waals surface area (Å²) in [6.45, 7) is 7.52. The maximum absolute atomic E-state index is 5.92. The Hall–Kier alpha value is -0.970. The number of nitrogens with one attached hydrogen (secondary N) is 1. The van der Waals surface area contributed by atoms with Crippen LogP contribution in [0.2, 0.25) is 5.02 Å². The van der Waals surface area contributed by atoms with Gasteiger partial charge in [-0.05, 0) is 51.1 Å². The average molecular weight is 324 g/mol. The zero-order valence-corrected chi connectivity index (χ0v) is 14.1. The van der Waals surface area contributed by atoms with E-state index in [0.29, 0.717) is 0 Å². The zero-order chi connectivity index (χ0) is 15.1. The quantitative estimate of drug-likeness (QED) is 0.586. The number of aryl methyl sites for hydroxylation is 1. The summed E-state index contributed by atoms with van der Waals surface area (Å²) in [4.78, 5) is 5.30. The maximum atomic E-state index is 5.92. The number of thioether (sulfide) groups is 1. The van der Waals surface area contributed by atoms with E-state index in [2.05, 4.69) is 40.8 Å². The topological polar surface area (TPSA) is 29.9 Å². The second-order valence-electron chi connectivity index (χ2n) is 5.65. The van der Waals surface area contributed by atoms with Gasteiger partial charge in [0.05, 0.1) is 6.33 Å². The molecule has 0 atom stereocenters. The van der Waals surface area contributed by atoms with Crippen LogP contribution in [0.4, 0.5) is 0 Å². The molecule has 1 N–H and O–H groups in total. The van der Waals surface area contributed by atoms with Crippen LogP contribution in [-0.2, 0) is 6.54 Å². The lowest BCUT2D eigenvalue weighted by Crippen LogP contribution is -2.33. The first kappa shape index (κ1) is 16.4. The molecule has 114 valence electrons. The number of benzene rings is 1. The molecule has 0 spiro atoms. The van der Waals surface area contributed by atoms with Crippen molar-refractivity contribution >= 4 is 23.4 Å². The maximum Gasteiger partial charge on any atom is 0.0945 e. The van der Waals surface area contributed by atoms with Crippen LogP contribution in [0, 0.1) is 0 Å². The highest BCUT2D eigenvalue weighted by Crippen LogP contribution is 2.32. The third kappa shape index (κ3) is 6.12. The number of aromatic nitrogens is 2. The van der Waals surface area contributed by atoms with Crippen molar-refractivity contribution in [2.24, 2.45) is 0 Å². The zero-order valence-electron chi connectivity index (χ0n) is 12.6. The summed E-state index contributed by atoms with van der Waals surface area (Å²) >= 11 is 7.79. The Balaban J connectivity index is 1.67. The lowest BCUT2D eigenvalue weighted by Gasteiger charge is -2.24. The van der Waals surface area contributed by atoms with Crippen LogP contribution in [0.5, 0.6) is 0 Å². The molecule has 5 heteroatoms. The first-order valence-electron chi connectivity index (χ1n) is 7.16. The Morgan fingerprint density at radius 3 is 2.71 bits per heavy atom. The highest BCUT2D eigenvalue weighted by molar-refractivity contribution is 8.00. The number of hydrogen-bond acceptors (Lipinski definition) is 3. The fraction of sp³-hybridized carbons (Fsp3) is 0.438. The Bertz CT molecular complexity index is 523. The summed E-state index contributed by atoms with van der Waals surface area (Å²) in [6, 6.07) is 8.04.